The number of halogens is 1. The van der Waals surface area contributed by atoms with Crippen molar-refractivity contribution in [1.29, 1.82) is 0 Å². The largest absolute Gasteiger partial charge is 0.336 e. The molecule has 0 aliphatic carbocycles. The zero-order chi connectivity index (χ0) is 16.6. The Morgan fingerprint density at radius 2 is 2.25 bits per heavy atom. The van der Waals surface area contributed by atoms with Gasteiger partial charge in [0.25, 0.3) is 0 Å². The first-order valence-electron chi connectivity index (χ1n) is 8.03. The van der Waals surface area contributed by atoms with Crippen LogP contribution in [0, 0.1) is 6.92 Å². The summed E-state index contributed by atoms with van der Waals surface area (Å²) in [5, 5.41) is 3.19. The lowest BCUT2D eigenvalue weighted by Gasteiger charge is -2.34. The molecule has 1 aliphatic heterocycles. The lowest BCUT2D eigenvalue weighted by atomic mass is 9.94. The molecule has 0 spiro atoms. The molecule has 0 saturated heterocycles. The Labute approximate surface area is 157 Å². The van der Waals surface area contributed by atoms with Crippen LogP contribution >= 0.6 is 35.1 Å². The third-order valence-corrected chi connectivity index (χ3v) is 6.32. The van der Waals surface area contributed by atoms with E-state index >= 15 is 0 Å². The average molecular weight is 386 g/mol. The monoisotopic (exact) mass is 385 g/mol. The molecule has 1 amide bonds. The van der Waals surface area contributed by atoms with Crippen LogP contribution in [-0.4, -0.2) is 27.9 Å². The van der Waals surface area contributed by atoms with Gasteiger partial charge < -0.3 is 10.6 Å². The van der Waals surface area contributed by atoms with Gasteiger partial charge in [0.2, 0.25) is 5.91 Å². The summed E-state index contributed by atoms with van der Waals surface area (Å²) in [7, 11) is 0. The molecule has 1 aliphatic rings. The smallest absolute Gasteiger partial charge is 0.242 e. The van der Waals surface area contributed by atoms with Gasteiger partial charge in [0.1, 0.15) is 0 Å². The predicted molar refractivity (Wildman–Crippen MR) is 104 cm³/mol. The normalized spacial score (nSPS) is 16.2. The quantitative estimate of drug-likeness (QED) is 0.865. The summed E-state index contributed by atoms with van der Waals surface area (Å²) in [6.07, 6.45) is 2.56. The number of aromatic nitrogens is 1. The van der Waals surface area contributed by atoms with E-state index in [0.717, 1.165) is 36.5 Å². The molecule has 2 aromatic heterocycles. The highest BCUT2D eigenvalue weighted by Crippen LogP contribution is 2.35. The Kier molecular flexibility index (Phi) is 6.07. The van der Waals surface area contributed by atoms with Gasteiger partial charge in [0, 0.05) is 23.3 Å². The molecule has 132 valence electrons. The van der Waals surface area contributed by atoms with Gasteiger partial charge in [-0.15, -0.1) is 35.1 Å². The first kappa shape index (κ1) is 19.4. The number of thiophene rings is 1. The van der Waals surface area contributed by atoms with Gasteiger partial charge in [-0.25, -0.2) is 4.98 Å². The van der Waals surface area contributed by atoms with Crippen LogP contribution in [-0.2, 0) is 17.8 Å². The fourth-order valence-corrected chi connectivity index (χ4v) is 4.91. The van der Waals surface area contributed by atoms with Gasteiger partial charge in [0.15, 0.2) is 0 Å². The minimum Gasteiger partial charge on any atom is -0.336 e. The number of carbonyl (C=O) groups is 1. The van der Waals surface area contributed by atoms with Crippen molar-refractivity contribution in [2.24, 2.45) is 5.73 Å². The Morgan fingerprint density at radius 1 is 1.50 bits per heavy atom. The molecule has 0 radical (unpaired) electrons. The van der Waals surface area contributed by atoms with Gasteiger partial charge >= 0.3 is 0 Å². The Hall–Kier alpha value is -0.950. The molecule has 4 nitrogen and oxygen atoms in total. The molecule has 1 atom stereocenters. The zero-order valence-corrected chi connectivity index (χ0v) is 16.7. The standard InChI is InChI=1S/C17H23N3OS2.ClH/c1-4-6-17(3,18)16(21)20-7-5-14-12(9-20)8-15(23-14)13-10-22-11(2)19-13;/h8,10H,4-7,9,18H2,1-3H3;1H. The molecule has 0 fully saturated rings. The second kappa shape index (κ2) is 7.52. The van der Waals surface area contributed by atoms with Gasteiger partial charge in [-0.3, -0.25) is 4.79 Å². The number of rotatable bonds is 4. The number of aryl methyl sites for hydroxylation is 1. The van der Waals surface area contributed by atoms with Crippen LogP contribution in [0.3, 0.4) is 0 Å². The molecule has 24 heavy (non-hydrogen) atoms. The van der Waals surface area contributed by atoms with Gasteiger partial charge in [-0.1, -0.05) is 13.3 Å². The fourth-order valence-electron chi connectivity index (χ4n) is 3.10. The first-order chi connectivity index (χ1) is 10.9. The molecule has 0 bridgehead atoms. The Bertz CT molecular complexity index is 723. The van der Waals surface area contributed by atoms with E-state index in [2.05, 4.69) is 23.4 Å². The molecule has 2 N–H and O–H groups in total. The first-order valence-corrected chi connectivity index (χ1v) is 9.72. The summed E-state index contributed by atoms with van der Waals surface area (Å²) < 4.78 is 0. The molecule has 3 rings (SSSR count). The molecule has 3 heterocycles. The molecule has 1 unspecified atom stereocenters. The zero-order valence-electron chi connectivity index (χ0n) is 14.3. The molecule has 7 heteroatoms. The maximum atomic E-state index is 12.7. The minimum atomic E-state index is -0.753. The Balaban J connectivity index is 0.00000208. The highest BCUT2D eigenvalue weighted by molar-refractivity contribution is 7.16. The molecular formula is C17H24ClN3OS2. The Morgan fingerprint density at radius 3 is 2.88 bits per heavy atom. The third-order valence-electron chi connectivity index (χ3n) is 4.28. The number of hydrogen-bond donors (Lipinski definition) is 1. The van der Waals surface area contributed by atoms with Crippen LogP contribution in [0.4, 0.5) is 0 Å². The lowest BCUT2D eigenvalue weighted by molar-refractivity contribution is -0.137. The van der Waals surface area contributed by atoms with Crippen LogP contribution in [0.2, 0.25) is 0 Å². The van der Waals surface area contributed by atoms with Gasteiger partial charge in [-0.2, -0.15) is 0 Å². The van der Waals surface area contributed by atoms with Crippen molar-refractivity contribution >= 4 is 41.0 Å². The van der Waals surface area contributed by atoms with Crippen molar-refractivity contribution in [2.45, 2.75) is 52.1 Å². The number of thiazole rings is 1. The maximum Gasteiger partial charge on any atom is 0.242 e. The fraction of sp³-hybridized carbons (Fsp3) is 0.529. The van der Waals surface area contributed by atoms with Gasteiger partial charge in [-0.05, 0) is 38.3 Å². The second-order valence-corrected chi connectivity index (χ2v) is 8.65. The SMILES string of the molecule is CCCC(C)(N)C(=O)N1CCc2sc(-c3csc(C)n3)cc2C1.Cl. The van der Waals surface area contributed by atoms with E-state index in [4.69, 9.17) is 5.73 Å². The highest BCUT2D eigenvalue weighted by Gasteiger charge is 2.34. The van der Waals surface area contributed by atoms with E-state index in [1.165, 1.54) is 15.3 Å². The van der Waals surface area contributed by atoms with E-state index in [9.17, 15) is 4.79 Å². The van der Waals surface area contributed by atoms with Crippen LogP contribution in [0.5, 0.6) is 0 Å². The van der Waals surface area contributed by atoms with Crippen LogP contribution in [0.1, 0.15) is 42.1 Å². The van der Waals surface area contributed by atoms with E-state index in [0.29, 0.717) is 6.54 Å². The molecule has 0 saturated carbocycles. The van der Waals surface area contributed by atoms with E-state index in [1.807, 2.05) is 30.1 Å². The number of nitrogens with two attached hydrogens (primary N) is 1. The number of fused-ring (bicyclic) bond motifs is 1. The lowest BCUT2D eigenvalue weighted by Crippen LogP contribution is -2.54. The maximum absolute atomic E-state index is 12.7. The predicted octanol–water partition coefficient (Wildman–Crippen LogP) is 4.00. The van der Waals surface area contributed by atoms with Crippen molar-refractivity contribution in [3.8, 4) is 10.6 Å². The molecular weight excluding hydrogens is 362 g/mol. The molecule has 0 aromatic carbocycles. The van der Waals surface area contributed by atoms with E-state index in [-0.39, 0.29) is 18.3 Å². The van der Waals surface area contributed by atoms with Crippen LogP contribution in [0.15, 0.2) is 11.4 Å². The van der Waals surface area contributed by atoms with Crippen molar-refractivity contribution in [3.63, 3.8) is 0 Å². The topological polar surface area (TPSA) is 59.2 Å². The van der Waals surface area contributed by atoms with E-state index < -0.39 is 5.54 Å². The average Bonchev–Trinajstić information content (AvgIpc) is 3.11. The summed E-state index contributed by atoms with van der Waals surface area (Å²) in [6, 6.07) is 2.20. The third kappa shape index (κ3) is 3.82. The summed E-state index contributed by atoms with van der Waals surface area (Å²) in [4.78, 5) is 21.8. The second-order valence-electron chi connectivity index (χ2n) is 6.46. The summed E-state index contributed by atoms with van der Waals surface area (Å²) in [5.41, 5.74) is 7.78. The number of carbonyl (C=O) groups excluding carboxylic acids is 1. The van der Waals surface area contributed by atoms with Crippen LogP contribution in [0.25, 0.3) is 10.6 Å². The molecule has 2 aromatic rings. The summed E-state index contributed by atoms with van der Waals surface area (Å²) in [5.74, 6) is 0.0715. The van der Waals surface area contributed by atoms with E-state index in [1.54, 1.807) is 11.3 Å². The number of hydrogen-bond acceptors (Lipinski definition) is 5. The number of nitrogens with zero attached hydrogens (tertiary/aromatic N) is 2. The highest BCUT2D eigenvalue weighted by atomic mass is 35.5. The summed E-state index contributed by atoms with van der Waals surface area (Å²) in [6.45, 7) is 7.37. The summed E-state index contributed by atoms with van der Waals surface area (Å²) >= 11 is 3.48. The van der Waals surface area contributed by atoms with Crippen molar-refractivity contribution in [1.82, 2.24) is 9.88 Å². The van der Waals surface area contributed by atoms with Crippen molar-refractivity contribution in [2.75, 3.05) is 6.54 Å². The number of amides is 1. The van der Waals surface area contributed by atoms with Crippen molar-refractivity contribution < 1.29 is 4.79 Å². The minimum absolute atomic E-state index is 0. The van der Waals surface area contributed by atoms with Crippen molar-refractivity contribution in [3.05, 3.63) is 26.9 Å². The van der Waals surface area contributed by atoms with Gasteiger partial charge in [0.05, 0.1) is 21.1 Å². The van der Waals surface area contributed by atoms with Crippen LogP contribution < -0.4 is 5.73 Å².